The maximum atomic E-state index is 12.3. The summed E-state index contributed by atoms with van der Waals surface area (Å²) in [7, 11) is -3.47. The van der Waals surface area contributed by atoms with E-state index in [9.17, 15) is 13.2 Å². The number of piperidine rings is 1. The van der Waals surface area contributed by atoms with Crippen molar-refractivity contribution < 1.29 is 13.2 Å². The van der Waals surface area contributed by atoms with Crippen molar-refractivity contribution in [2.24, 2.45) is 0 Å². The Morgan fingerprint density at radius 2 is 1.81 bits per heavy atom. The van der Waals surface area contributed by atoms with Crippen molar-refractivity contribution in [1.82, 2.24) is 14.0 Å². The second-order valence-corrected chi connectivity index (χ2v) is 7.93. The lowest BCUT2D eigenvalue weighted by Gasteiger charge is -2.25. The van der Waals surface area contributed by atoms with Gasteiger partial charge in [0.2, 0.25) is 0 Å². The van der Waals surface area contributed by atoms with Crippen LogP contribution >= 0.6 is 0 Å². The number of amides is 1. The van der Waals surface area contributed by atoms with Gasteiger partial charge in [-0.2, -0.15) is 17.4 Å². The van der Waals surface area contributed by atoms with Gasteiger partial charge in [-0.15, -0.1) is 0 Å². The Bertz CT molecular complexity index is 850. The van der Waals surface area contributed by atoms with E-state index < -0.39 is 10.2 Å². The molecule has 0 aliphatic carbocycles. The van der Waals surface area contributed by atoms with Crippen molar-refractivity contribution >= 4 is 21.8 Å². The predicted molar refractivity (Wildman–Crippen MR) is 99.8 cm³/mol. The van der Waals surface area contributed by atoms with E-state index in [2.05, 4.69) is 15.0 Å². The van der Waals surface area contributed by atoms with Gasteiger partial charge in [0.05, 0.1) is 0 Å². The lowest BCUT2D eigenvalue weighted by molar-refractivity contribution is 0.102. The first-order chi connectivity index (χ1) is 12.5. The van der Waals surface area contributed by atoms with Crippen LogP contribution in [0, 0.1) is 0 Å². The Morgan fingerprint density at radius 1 is 1.08 bits per heavy atom. The molecule has 26 heavy (non-hydrogen) atoms. The standard InChI is InChI=1S/C18H22N4O3S/c23-18(16-7-9-19-10-8-16)21-17-6-4-5-15(13-17)14-20-26(24,25)22-11-2-1-3-12-22/h4-10,13,20H,1-3,11-12,14H2,(H,21,23). The van der Waals surface area contributed by atoms with Gasteiger partial charge in [-0.1, -0.05) is 18.6 Å². The molecule has 0 bridgehead atoms. The molecule has 1 aromatic carbocycles. The molecule has 0 radical (unpaired) electrons. The van der Waals surface area contributed by atoms with Crippen LogP contribution in [-0.2, 0) is 16.8 Å². The van der Waals surface area contributed by atoms with Crippen molar-refractivity contribution in [3.05, 3.63) is 59.9 Å². The van der Waals surface area contributed by atoms with Gasteiger partial charge in [0.1, 0.15) is 0 Å². The van der Waals surface area contributed by atoms with E-state index in [4.69, 9.17) is 0 Å². The van der Waals surface area contributed by atoms with Crippen LogP contribution in [0.4, 0.5) is 5.69 Å². The molecule has 8 heteroatoms. The molecule has 1 saturated heterocycles. The van der Waals surface area contributed by atoms with Crippen molar-refractivity contribution in [1.29, 1.82) is 0 Å². The maximum Gasteiger partial charge on any atom is 0.279 e. The molecule has 7 nitrogen and oxygen atoms in total. The highest BCUT2D eigenvalue weighted by Gasteiger charge is 2.23. The molecule has 138 valence electrons. The van der Waals surface area contributed by atoms with Gasteiger partial charge >= 0.3 is 0 Å². The van der Waals surface area contributed by atoms with Crippen LogP contribution in [0.3, 0.4) is 0 Å². The number of carbonyl (C=O) groups is 1. The molecule has 0 spiro atoms. The van der Waals surface area contributed by atoms with Crippen LogP contribution in [0.25, 0.3) is 0 Å². The first kappa shape index (κ1) is 18.5. The molecule has 0 saturated carbocycles. The van der Waals surface area contributed by atoms with Gasteiger partial charge < -0.3 is 5.32 Å². The largest absolute Gasteiger partial charge is 0.322 e. The van der Waals surface area contributed by atoms with E-state index in [1.54, 1.807) is 42.7 Å². The van der Waals surface area contributed by atoms with Crippen LogP contribution < -0.4 is 10.0 Å². The number of pyridine rings is 1. The van der Waals surface area contributed by atoms with Crippen LogP contribution in [-0.4, -0.2) is 36.7 Å². The van der Waals surface area contributed by atoms with Gasteiger partial charge in [-0.25, -0.2) is 0 Å². The minimum Gasteiger partial charge on any atom is -0.322 e. The number of nitrogens with zero attached hydrogens (tertiary/aromatic N) is 2. The number of nitrogens with one attached hydrogen (secondary N) is 2. The molecule has 0 unspecified atom stereocenters. The Hall–Kier alpha value is -2.29. The first-order valence-corrected chi connectivity index (χ1v) is 10.0. The highest BCUT2D eigenvalue weighted by molar-refractivity contribution is 7.87. The lowest BCUT2D eigenvalue weighted by atomic mass is 10.2. The molecule has 1 aliphatic heterocycles. The molecule has 1 aromatic heterocycles. The Kier molecular flexibility index (Phi) is 5.97. The van der Waals surface area contributed by atoms with Crippen LogP contribution in [0.15, 0.2) is 48.8 Å². The summed E-state index contributed by atoms with van der Waals surface area (Å²) in [5.41, 5.74) is 1.90. The summed E-state index contributed by atoms with van der Waals surface area (Å²) < 4.78 is 28.8. The smallest absolute Gasteiger partial charge is 0.279 e. The third kappa shape index (κ3) is 4.87. The average molecular weight is 374 g/mol. The number of hydrogen-bond acceptors (Lipinski definition) is 4. The molecule has 2 heterocycles. The Morgan fingerprint density at radius 3 is 2.54 bits per heavy atom. The highest BCUT2D eigenvalue weighted by atomic mass is 32.2. The van der Waals surface area contributed by atoms with Gasteiger partial charge in [-0.05, 0) is 42.7 Å². The van der Waals surface area contributed by atoms with Gasteiger partial charge in [0.25, 0.3) is 16.1 Å². The number of hydrogen-bond donors (Lipinski definition) is 2. The van der Waals surface area contributed by atoms with E-state index in [0.717, 1.165) is 24.8 Å². The van der Waals surface area contributed by atoms with E-state index in [-0.39, 0.29) is 12.5 Å². The summed E-state index contributed by atoms with van der Waals surface area (Å²) in [5, 5.41) is 2.80. The fraction of sp³-hybridized carbons (Fsp3) is 0.333. The Balaban J connectivity index is 1.61. The number of aromatic nitrogens is 1. The number of carbonyl (C=O) groups excluding carboxylic acids is 1. The van der Waals surface area contributed by atoms with Gasteiger partial charge in [0, 0.05) is 43.3 Å². The molecular weight excluding hydrogens is 352 g/mol. The topological polar surface area (TPSA) is 91.4 Å². The average Bonchev–Trinajstić information content (AvgIpc) is 2.68. The van der Waals surface area contributed by atoms with Crippen LogP contribution in [0.5, 0.6) is 0 Å². The summed E-state index contributed by atoms with van der Waals surface area (Å²) in [6, 6.07) is 10.4. The minimum atomic E-state index is -3.47. The van der Waals surface area contributed by atoms with Gasteiger partial charge in [-0.3, -0.25) is 9.78 Å². The fourth-order valence-electron chi connectivity index (χ4n) is 2.84. The monoisotopic (exact) mass is 374 g/mol. The van der Waals surface area contributed by atoms with E-state index >= 15 is 0 Å². The van der Waals surface area contributed by atoms with Crippen molar-refractivity contribution in [2.75, 3.05) is 18.4 Å². The first-order valence-electron chi connectivity index (χ1n) is 8.60. The molecular formula is C18H22N4O3S. The van der Waals surface area contributed by atoms with E-state index in [1.807, 2.05) is 6.07 Å². The van der Waals surface area contributed by atoms with E-state index in [0.29, 0.717) is 24.3 Å². The van der Waals surface area contributed by atoms with Crippen LogP contribution in [0.1, 0.15) is 35.2 Å². The van der Waals surface area contributed by atoms with Crippen molar-refractivity contribution in [3.63, 3.8) is 0 Å². The van der Waals surface area contributed by atoms with Gasteiger partial charge in [0.15, 0.2) is 0 Å². The number of benzene rings is 1. The molecule has 2 N–H and O–H groups in total. The summed E-state index contributed by atoms with van der Waals surface area (Å²) >= 11 is 0. The summed E-state index contributed by atoms with van der Waals surface area (Å²) in [6.45, 7) is 1.31. The number of rotatable bonds is 6. The summed E-state index contributed by atoms with van der Waals surface area (Å²) in [4.78, 5) is 16.1. The molecule has 1 amide bonds. The second-order valence-electron chi connectivity index (χ2n) is 6.18. The third-order valence-electron chi connectivity index (χ3n) is 4.24. The maximum absolute atomic E-state index is 12.3. The van der Waals surface area contributed by atoms with Crippen LogP contribution in [0.2, 0.25) is 0 Å². The molecule has 1 fully saturated rings. The molecule has 1 aliphatic rings. The molecule has 0 atom stereocenters. The normalized spacial score (nSPS) is 15.5. The highest BCUT2D eigenvalue weighted by Crippen LogP contribution is 2.15. The zero-order valence-corrected chi connectivity index (χ0v) is 15.2. The van der Waals surface area contributed by atoms with Crippen molar-refractivity contribution in [3.8, 4) is 0 Å². The van der Waals surface area contributed by atoms with Crippen molar-refractivity contribution in [2.45, 2.75) is 25.8 Å². The minimum absolute atomic E-state index is 0.178. The van der Waals surface area contributed by atoms with E-state index in [1.165, 1.54) is 4.31 Å². The second kappa shape index (κ2) is 8.39. The molecule has 2 aromatic rings. The summed E-state index contributed by atoms with van der Waals surface area (Å²) in [5.74, 6) is -0.238. The predicted octanol–water partition coefficient (Wildman–Crippen LogP) is 2.15. The molecule has 3 rings (SSSR count). The fourth-order valence-corrected chi connectivity index (χ4v) is 4.11. The Labute approximate surface area is 153 Å². The quantitative estimate of drug-likeness (QED) is 0.810. The number of anilines is 1. The SMILES string of the molecule is O=C(Nc1cccc(CNS(=O)(=O)N2CCCCC2)c1)c1ccncc1. The lowest BCUT2D eigenvalue weighted by Crippen LogP contribution is -2.43. The third-order valence-corrected chi connectivity index (χ3v) is 5.80. The summed E-state index contributed by atoms with van der Waals surface area (Å²) in [6.07, 6.45) is 5.99. The zero-order valence-electron chi connectivity index (χ0n) is 14.4. The zero-order chi connectivity index (χ0) is 18.4.